The molecule has 1 N–H and O–H groups in total. The van der Waals surface area contributed by atoms with E-state index in [0.717, 1.165) is 19.3 Å². The summed E-state index contributed by atoms with van der Waals surface area (Å²) in [6, 6.07) is 2.67. The Bertz CT molecular complexity index is 1830. The van der Waals surface area contributed by atoms with Crippen LogP contribution in [0.5, 0.6) is 5.75 Å². The Morgan fingerprint density at radius 2 is 1.35 bits per heavy atom. The molecule has 6 atom stereocenters. The Hall–Kier alpha value is -3.51. The first kappa shape index (κ1) is 33.0. The van der Waals surface area contributed by atoms with Gasteiger partial charge in [-0.2, -0.15) is 0 Å². The Labute approximate surface area is 281 Å². The molecule has 0 aromatic heterocycles. The summed E-state index contributed by atoms with van der Waals surface area (Å²) < 4.78 is 73.3. The third-order valence-corrected chi connectivity index (χ3v) is 12.5. The summed E-state index contributed by atoms with van der Waals surface area (Å²) in [6.45, 7) is 3.13. The number of phenols is 1. The zero-order chi connectivity index (χ0) is 34.8. The van der Waals surface area contributed by atoms with E-state index in [2.05, 4.69) is 0 Å². The number of hydrogen-bond donors (Lipinski definition) is 1. The molecule has 0 spiro atoms. The summed E-state index contributed by atoms with van der Waals surface area (Å²) in [5.41, 5.74) is -0.521. The number of phenolic OH excluding ortho intramolecular Hbond substituents is 1. The Morgan fingerprint density at radius 3 is 1.94 bits per heavy atom. The fraction of sp³-hybridized carbons (Fsp3) is 0.471. The largest absolute Gasteiger partial charge is 0.507 e. The Kier molecular flexibility index (Phi) is 7.56. The van der Waals surface area contributed by atoms with Crippen molar-refractivity contribution in [2.24, 2.45) is 17.8 Å². The van der Waals surface area contributed by atoms with Crippen LogP contribution in [0.1, 0.15) is 67.6 Å². The second kappa shape index (κ2) is 11.0. The average molecular weight is 712 g/mol. The predicted octanol–water partition coefficient (Wildman–Crippen LogP) is 6.60. The quantitative estimate of drug-likeness (QED) is 0.0968. The first-order valence-corrected chi connectivity index (χ1v) is 16.5. The zero-order valence-electron chi connectivity index (χ0n) is 25.7. The molecule has 2 heterocycles. The van der Waals surface area contributed by atoms with Gasteiger partial charge in [0.15, 0.2) is 33.0 Å². The lowest BCUT2D eigenvalue weighted by molar-refractivity contribution is -0.143. The van der Waals surface area contributed by atoms with Gasteiger partial charge in [0.25, 0.3) is 11.8 Å². The molecule has 0 unspecified atom stereocenters. The van der Waals surface area contributed by atoms with Crippen molar-refractivity contribution in [1.82, 2.24) is 4.90 Å². The number of anilines is 1. The van der Waals surface area contributed by atoms with Crippen molar-refractivity contribution in [2.45, 2.75) is 80.5 Å². The standard InChI is InChI=1S/C34H29Cl2F5N2O5/c1-13-10-15(11-14(2)28(13)44)21-17-8-9-18-20(30(46)42(29(18)45)16-6-4-3-5-7-16)19(17)12-33(35)31(47)43(32(48)34(21,33)36)27-25(40)23(38)22(37)24(39)26(27)41/h8,10-11,16,18-21,44H,3-7,9,12H2,1-2H3/t18-,19+,20-,21-,33+,34-/m0/s1. The lowest BCUT2D eigenvalue weighted by Crippen LogP contribution is -2.60. The zero-order valence-corrected chi connectivity index (χ0v) is 27.2. The number of likely N-dealkylation sites (tertiary alicyclic amines) is 1. The third kappa shape index (κ3) is 4.10. The van der Waals surface area contributed by atoms with E-state index in [9.17, 15) is 37.5 Å². The van der Waals surface area contributed by atoms with Crippen LogP contribution >= 0.6 is 23.2 Å². The second-order valence-electron chi connectivity index (χ2n) is 13.5. The summed E-state index contributed by atoms with van der Waals surface area (Å²) >= 11 is 14.3. The molecule has 48 heavy (non-hydrogen) atoms. The summed E-state index contributed by atoms with van der Waals surface area (Å²) in [7, 11) is 0. The van der Waals surface area contributed by atoms with Gasteiger partial charge >= 0.3 is 0 Å². The van der Waals surface area contributed by atoms with Gasteiger partial charge in [-0.1, -0.05) is 43.0 Å². The van der Waals surface area contributed by atoms with Gasteiger partial charge in [0.1, 0.15) is 11.4 Å². The fourth-order valence-electron chi connectivity index (χ4n) is 8.82. The lowest BCUT2D eigenvalue weighted by Gasteiger charge is -2.51. The average Bonchev–Trinajstić information content (AvgIpc) is 3.40. The van der Waals surface area contributed by atoms with Crippen molar-refractivity contribution in [3.63, 3.8) is 0 Å². The minimum atomic E-state index is -2.61. The number of rotatable bonds is 3. The maximum atomic E-state index is 15.2. The molecule has 4 fully saturated rings. The molecule has 7 nitrogen and oxygen atoms in total. The van der Waals surface area contributed by atoms with Gasteiger partial charge < -0.3 is 5.11 Å². The maximum Gasteiger partial charge on any atom is 0.258 e. The van der Waals surface area contributed by atoms with Gasteiger partial charge in [-0.3, -0.25) is 24.1 Å². The Morgan fingerprint density at radius 1 is 0.792 bits per heavy atom. The topological polar surface area (TPSA) is 95.0 Å². The van der Waals surface area contributed by atoms with Gasteiger partial charge in [0.05, 0.1) is 11.8 Å². The molecule has 14 heteroatoms. The van der Waals surface area contributed by atoms with Crippen molar-refractivity contribution >= 4 is 52.5 Å². The molecular weight excluding hydrogens is 682 g/mol. The number of aryl methyl sites for hydroxylation is 2. The van der Waals surface area contributed by atoms with Crippen LogP contribution in [0, 0.1) is 60.7 Å². The van der Waals surface area contributed by atoms with Crippen LogP contribution in [-0.4, -0.2) is 49.4 Å². The van der Waals surface area contributed by atoms with Crippen LogP contribution in [0.15, 0.2) is 23.8 Å². The number of imide groups is 2. The van der Waals surface area contributed by atoms with Crippen molar-refractivity contribution in [1.29, 1.82) is 0 Å². The van der Waals surface area contributed by atoms with Gasteiger partial charge in [0.2, 0.25) is 17.6 Å². The molecule has 2 saturated heterocycles. The van der Waals surface area contributed by atoms with Gasteiger partial charge in [0, 0.05) is 12.0 Å². The monoisotopic (exact) mass is 710 g/mol. The minimum Gasteiger partial charge on any atom is -0.507 e. The summed E-state index contributed by atoms with van der Waals surface area (Å²) in [5.74, 6) is -20.3. The summed E-state index contributed by atoms with van der Waals surface area (Å²) in [5, 5.41) is 10.5. The van der Waals surface area contributed by atoms with Crippen molar-refractivity contribution < 1.29 is 46.2 Å². The third-order valence-electron chi connectivity index (χ3n) is 11.0. The van der Waals surface area contributed by atoms with E-state index in [1.54, 1.807) is 19.9 Å². The van der Waals surface area contributed by atoms with Crippen LogP contribution in [0.2, 0.25) is 0 Å². The predicted molar refractivity (Wildman–Crippen MR) is 163 cm³/mol. The number of carbonyl (C=O) groups is 4. The minimum absolute atomic E-state index is 0.0823. The molecule has 2 aromatic rings. The molecule has 2 aromatic carbocycles. The highest BCUT2D eigenvalue weighted by molar-refractivity contribution is 6.58. The highest BCUT2D eigenvalue weighted by Crippen LogP contribution is 2.66. The van der Waals surface area contributed by atoms with E-state index in [1.165, 1.54) is 17.0 Å². The number of aromatic hydroxyl groups is 1. The van der Waals surface area contributed by atoms with Gasteiger partial charge in [-0.05, 0) is 62.1 Å². The molecular formula is C34H29Cl2F5N2O5. The van der Waals surface area contributed by atoms with E-state index < -0.39 is 92.3 Å². The van der Waals surface area contributed by atoms with Crippen molar-refractivity contribution in [3.05, 3.63) is 69.6 Å². The number of benzene rings is 2. The van der Waals surface area contributed by atoms with E-state index >= 15 is 8.78 Å². The fourth-order valence-corrected chi connectivity index (χ4v) is 9.76. The highest BCUT2D eigenvalue weighted by atomic mass is 35.5. The molecule has 254 valence electrons. The molecule has 3 aliphatic carbocycles. The van der Waals surface area contributed by atoms with Crippen LogP contribution < -0.4 is 4.90 Å². The van der Waals surface area contributed by atoms with Crippen molar-refractivity contribution in [2.75, 3.05) is 4.90 Å². The number of amides is 4. The molecule has 0 bridgehead atoms. The summed E-state index contributed by atoms with van der Waals surface area (Å²) in [4.78, 5) is 52.6. The first-order valence-electron chi connectivity index (χ1n) is 15.7. The SMILES string of the molecule is Cc1cc([C@H]2C3=CC[C@@H]4C(=O)N(C5CCCCC5)C(=O)[C@@H]4[C@@H]3C[C@@]3(Cl)C(=O)N(c4c(F)c(F)c(F)c(F)c4F)C(=O)[C@@]23Cl)cc(C)c1O. The van der Waals surface area contributed by atoms with Crippen LogP contribution in [0.3, 0.4) is 0 Å². The molecule has 2 saturated carbocycles. The number of hydrogen-bond acceptors (Lipinski definition) is 5. The molecule has 0 radical (unpaired) electrons. The number of halogens is 7. The Balaban J connectivity index is 1.43. The maximum absolute atomic E-state index is 15.2. The van der Waals surface area contributed by atoms with E-state index in [4.69, 9.17) is 23.2 Å². The number of allylic oxidation sites excluding steroid dienone is 2. The number of carbonyl (C=O) groups excluding carboxylic acids is 4. The van der Waals surface area contributed by atoms with Crippen LogP contribution in [0.4, 0.5) is 27.6 Å². The lowest BCUT2D eigenvalue weighted by atomic mass is 9.56. The van der Waals surface area contributed by atoms with Crippen LogP contribution in [-0.2, 0) is 19.2 Å². The molecule has 5 aliphatic rings. The first-order chi connectivity index (χ1) is 22.6. The molecule has 4 amide bonds. The number of fused-ring (bicyclic) bond motifs is 4. The van der Waals surface area contributed by atoms with Gasteiger partial charge in [-0.25, -0.2) is 26.9 Å². The number of alkyl halides is 2. The second-order valence-corrected chi connectivity index (χ2v) is 14.8. The molecule has 2 aliphatic heterocycles. The summed E-state index contributed by atoms with van der Waals surface area (Å²) in [6.07, 6.45) is 5.15. The van der Waals surface area contributed by atoms with E-state index in [1.807, 2.05) is 0 Å². The van der Waals surface area contributed by atoms with E-state index in [-0.39, 0.29) is 34.6 Å². The molecule has 7 rings (SSSR count). The normalized spacial score (nSPS) is 32.1. The number of nitrogens with zero attached hydrogens (tertiary/aromatic N) is 2. The van der Waals surface area contributed by atoms with Crippen LogP contribution in [0.25, 0.3) is 0 Å². The van der Waals surface area contributed by atoms with Gasteiger partial charge in [-0.15, -0.1) is 23.2 Å². The smallest absolute Gasteiger partial charge is 0.258 e. The van der Waals surface area contributed by atoms with Crippen molar-refractivity contribution in [3.8, 4) is 5.75 Å². The highest BCUT2D eigenvalue weighted by Gasteiger charge is 2.77. The van der Waals surface area contributed by atoms with E-state index in [0.29, 0.717) is 29.5 Å².